The summed E-state index contributed by atoms with van der Waals surface area (Å²) in [4.78, 5) is 38.2. The monoisotopic (exact) mass is 436 g/mol. The van der Waals surface area contributed by atoms with E-state index in [9.17, 15) is 22.8 Å². The molecule has 1 N–H and O–H groups in total. The lowest BCUT2D eigenvalue weighted by Gasteiger charge is -2.29. The fourth-order valence-electron chi connectivity index (χ4n) is 3.21. The SMILES string of the molecule is CC(=O)NC(=Cc1ccccc1)C(=O)OCC(=O)N(CC(C)C)C1CCS(=O)(=O)C1. The van der Waals surface area contributed by atoms with Gasteiger partial charge in [-0.3, -0.25) is 9.59 Å². The first kappa shape index (κ1) is 23.6. The van der Waals surface area contributed by atoms with Crippen molar-refractivity contribution in [3.8, 4) is 0 Å². The molecule has 1 aromatic carbocycles. The molecule has 0 aliphatic carbocycles. The molecule has 9 heteroatoms. The fraction of sp³-hybridized carbons (Fsp3) is 0.476. The van der Waals surface area contributed by atoms with Crippen molar-refractivity contribution >= 4 is 33.7 Å². The molecule has 1 heterocycles. The van der Waals surface area contributed by atoms with E-state index in [0.29, 0.717) is 18.5 Å². The Labute approximate surface area is 177 Å². The molecule has 30 heavy (non-hydrogen) atoms. The summed E-state index contributed by atoms with van der Waals surface area (Å²) in [6, 6.07) is 8.48. The predicted octanol–water partition coefficient (Wildman–Crippen LogP) is 1.38. The van der Waals surface area contributed by atoms with E-state index in [0.717, 1.165) is 0 Å². The number of amides is 2. The van der Waals surface area contributed by atoms with Gasteiger partial charge in [-0.15, -0.1) is 0 Å². The second-order valence-electron chi connectivity index (χ2n) is 7.72. The number of esters is 1. The van der Waals surface area contributed by atoms with Gasteiger partial charge >= 0.3 is 5.97 Å². The highest BCUT2D eigenvalue weighted by Gasteiger charge is 2.35. The number of ether oxygens (including phenoxy) is 1. The van der Waals surface area contributed by atoms with Crippen LogP contribution in [0, 0.1) is 5.92 Å². The van der Waals surface area contributed by atoms with Crippen molar-refractivity contribution in [3.63, 3.8) is 0 Å². The van der Waals surface area contributed by atoms with Crippen LogP contribution in [-0.4, -0.2) is 61.8 Å². The van der Waals surface area contributed by atoms with Crippen molar-refractivity contribution in [2.45, 2.75) is 33.2 Å². The molecule has 8 nitrogen and oxygen atoms in total. The molecular weight excluding hydrogens is 408 g/mol. The van der Waals surface area contributed by atoms with E-state index in [1.54, 1.807) is 24.3 Å². The zero-order chi connectivity index (χ0) is 22.3. The number of hydrogen-bond acceptors (Lipinski definition) is 6. The Kier molecular flexibility index (Phi) is 8.16. The first-order valence-electron chi connectivity index (χ1n) is 9.78. The Hall–Kier alpha value is -2.68. The third-order valence-electron chi connectivity index (χ3n) is 4.50. The minimum Gasteiger partial charge on any atom is -0.451 e. The van der Waals surface area contributed by atoms with Crippen LogP contribution in [0.4, 0.5) is 0 Å². The maximum atomic E-state index is 12.7. The van der Waals surface area contributed by atoms with Gasteiger partial charge in [0.1, 0.15) is 5.70 Å². The van der Waals surface area contributed by atoms with E-state index in [1.165, 1.54) is 17.9 Å². The van der Waals surface area contributed by atoms with E-state index in [4.69, 9.17) is 4.74 Å². The topological polar surface area (TPSA) is 110 Å². The molecule has 0 spiro atoms. The minimum absolute atomic E-state index is 0.0474. The largest absolute Gasteiger partial charge is 0.451 e. The Morgan fingerprint density at radius 2 is 1.90 bits per heavy atom. The molecule has 0 bridgehead atoms. The van der Waals surface area contributed by atoms with E-state index < -0.39 is 40.3 Å². The van der Waals surface area contributed by atoms with Crippen LogP contribution < -0.4 is 5.32 Å². The molecule has 1 saturated heterocycles. The number of hydrogen-bond donors (Lipinski definition) is 1. The van der Waals surface area contributed by atoms with E-state index in [2.05, 4.69) is 5.32 Å². The molecule has 1 aliphatic heterocycles. The standard InChI is InChI=1S/C21H28N2O6S/c1-15(2)12-23(18-9-10-30(27,28)14-18)20(25)13-29-21(26)19(22-16(3)24)11-17-7-5-4-6-8-17/h4-8,11,15,18H,9-10,12-14H2,1-3H3,(H,22,24). The fourth-order valence-corrected chi connectivity index (χ4v) is 4.94. The summed E-state index contributed by atoms with van der Waals surface area (Å²) >= 11 is 0. The zero-order valence-corrected chi connectivity index (χ0v) is 18.3. The normalized spacial score (nSPS) is 18.1. The Balaban J connectivity index is 2.09. The van der Waals surface area contributed by atoms with Crippen LogP contribution in [0.3, 0.4) is 0 Å². The average molecular weight is 437 g/mol. The number of nitrogens with zero attached hydrogens (tertiary/aromatic N) is 1. The van der Waals surface area contributed by atoms with Crippen LogP contribution >= 0.6 is 0 Å². The molecule has 2 amide bonds. The summed E-state index contributed by atoms with van der Waals surface area (Å²) in [7, 11) is -3.16. The van der Waals surface area contributed by atoms with Gasteiger partial charge in [-0.05, 0) is 24.0 Å². The quantitative estimate of drug-likeness (QED) is 0.487. The maximum absolute atomic E-state index is 12.7. The molecule has 0 radical (unpaired) electrons. The minimum atomic E-state index is -3.16. The highest BCUT2D eigenvalue weighted by Crippen LogP contribution is 2.19. The van der Waals surface area contributed by atoms with Crippen LogP contribution in [0.15, 0.2) is 36.0 Å². The molecule has 0 saturated carbocycles. The lowest BCUT2D eigenvalue weighted by molar-refractivity contribution is -0.150. The Morgan fingerprint density at radius 1 is 1.23 bits per heavy atom. The van der Waals surface area contributed by atoms with Crippen molar-refractivity contribution in [2.24, 2.45) is 5.92 Å². The maximum Gasteiger partial charge on any atom is 0.355 e. The van der Waals surface area contributed by atoms with Gasteiger partial charge in [-0.1, -0.05) is 44.2 Å². The van der Waals surface area contributed by atoms with Crippen LogP contribution in [0.5, 0.6) is 0 Å². The lowest BCUT2D eigenvalue weighted by Crippen LogP contribution is -2.45. The van der Waals surface area contributed by atoms with Gasteiger partial charge in [0.15, 0.2) is 16.4 Å². The molecule has 164 valence electrons. The highest BCUT2D eigenvalue weighted by atomic mass is 32.2. The van der Waals surface area contributed by atoms with Crippen molar-refractivity contribution in [2.75, 3.05) is 24.7 Å². The highest BCUT2D eigenvalue weighted by molar-refractivity contribution is 7.91. The van der Waals surface area contributed by atoms with Gasteiger partial charge in [0.05, 0.1) is 11.5 Å². The smallest absolute Gasteiger partial charge is 0.355 e. The van der Waals surface area contributed by atoms with Crippen LogP contribution in [-0.2, 0) is 29.0 Å². The number of sulfone groups is 1. The van der Waals surface area contributed by atoms with Crippen LogP contribution in [0.25, 0.3) is 6.08 Å². The molecule has 2 rings (SSSR count). The number of benzene rings is 1. The third-order valence-corrected chi connectivity index (χ3v) is 6.25. The van der Waals surface area contributed by atoms with Crippen LogP contribution in [0.2, 0.25) is 0 Å². The molecular formula is C21H28N2O6S. The second-order valence-corrected chi connectivity index (χ2v) is 9.95. The van der Waals surface area contributed by atoms with E-state index >= 15 is 0 Å². The number of nitrogens with one attached hydrogen (secondary N) is 1. The summed E-state index contributed by atoms with van der Waals surface area (Å²) in [5, 5.41) is 2.42. The van der Waals surface area contributed by atoms with E-state index in [-0.39, 0.29) is 23.1 Å². The molecule has 1 aromatic rings. The lowest BCUT2D eigenvalue weighted by atomic mass is 10.1. The molecule has 1 aliphatic rings. The molecule has 1 unspecified atom stereocenters. The summed E-state index contributed by atoms with van der Waals surface area (Å²) in [6.07, 6.45) is 1.84. The Morgan fingerprint density at radius 3 is 2.43 bits per heavy atom. The van der Waals surface area contributed by atoms with Crippen molar-refractivity contribution < 1.29 is 27.5 Å². The predicted molar refractivity (Wildman–Crippen MR) is 113 cm³/mol. The van der Waals surface area contributed by atoms with Gasteiger partial charge in [0.25, 0.3) is 5.91 Å². The average Bonchev–Trinajstić information content (AvgIpc) is 3.03. The number of carbonyl (C=O) groups is 3. The molecule has 1 atom stereocenters. The zero-order valence-electron chi connectivity index (χ0n) is 17.5. The van der Waals surface area contributed by atoms with Crippen LogP contribution in [0.1, 0.15) is 32.8 Å². The molecule has 0 aromatic heterocycles. The van der Waals surface area contributed by atoms with Crippen molar-refractivity contribution in [1.82, 2.24) is 10.2 Å². The van der Waals surface area contributed by atoms with Crippen molar-refractivity contribution in [3.05, 3.63) is 41.6 Å². The van der Waals surface area contributed by atoms with Gasteiger partial charge in [0, 0.05) is 19.5 Å². The summed E-state index contributed by atoms with van der Waals surface area (Å²) in [5.74, 6) is -1.65. The first-order chi connectivity index (χ1) is 14.1. The van der Waals surface area contributed by atoms with Gasteiger partial charge in [-0.25, -0.2) is 13.2 Å². The second kappa shape index (κ2) is 10.4. The Bertz CT molecular complexity index is 909. The van der Waals surface area contributed by atoms with E-state index in [1.807, 2.05) is 19.9 Å². The summed E-state index contributed by atoms with van der Waals surface area (Å²) < 4.78 is 28.8. The van der Waals surface area contributed by atoms with Gasteiger partial charge < -0.3 is 15.0 Å². The first-order valence-corrected chi connectivity index (χ1v) is 11.6. The van der Waals surface area contributed by atoms with Gasteiger partial charge in [0.2, 0.25) is 5.91 Å². The third kappa shape index (κ3) is 7.29. The number of carbonyl (C=O) groups excluding carboxylic acids is 3. The van der Waals surface area contributed by atoms with Gasteiger partial charge in [-0.2, -0.15) is 0 Å². The molecule has 1 fully saturated rings. The summed E-state index contributed by atoms with van der Waals surface area (Å²) in [6.45, 7) is 4.95. The van der Waals surface area contributed by atoms with Crippen molar-refractivity contribution in [1.29, 1.82) is 0 Å². The number of rotatable bonds is 8. The summed E-state index contributed by atoms with van der Waals surface area (Å²) in [5.41, 5.74) is 0.600.